The lowest BCUT2D eigenvalue weighted by Gasteiger charge is -2.09. The minimum Gasteiger partial charge on any atom is -0.477 e. The molecule has 204 valence electrons. The van der Waals surface area contributed by atoms with Crippen molar-refractivity contribution in [2.45, 2.75) is 52.6 Å². The van der Waals surface area contributed by atoms with Crippen molar-refractivity contribution in [3.05, 3.63) is 65.7 Å². The first-order valence-corrected chi connectivity index (χ1v) is 12.5. The van der Waals surface area contributed by atoms with Crippen LogP contribution in [-0.2, 0) is 12.6 Å². The fraction of sp³-hybridized carbons (Fsp3) is 0.385. The lowest BCUT2D eigenvalue weighted by atomic mass is 10.2. The maximum atomic E-state index is 12.9. The van der Waals surface area contributed by atoms with E-state index in [1.165, 1.54) is 12.1 Å². The number of hydrogen-bond acceptors (Lipinski definition) is 8. The first-order valence-electron chi connectivity index (χ1n) is 12.5. The van der Waals surface area contributed by atoms with Crippen molar-refractivity contribution < 1.29 is 22.6 Å². The Balaban J connectivity index is 0.00000195. The number of hydrogen-bond donors (Lipinski definition) is 3. The highest BCUT2D eigenvalue weighted by Crippen LogP contribution is 2.31. The first kappa shape index (κ1) is 28.5. The van der Waals surface area contributed by atoms with Crippen molar-refractivity contribution in [1.82, 2.24) is 25.1 Å². The van der Waals surface area contributed by atoms with Gasteiger partial charge in [0.25, 0.3) is 0 Å². The number of ether oxygens (including phenoxy) is 2. The van der Waals surface area contributed by atoms with Crippen LogP contribution < -0.4 is 20.5 Å². The Labute approximate surface area is 219 Å². The van der Waals surface area contributed by atoms with Crippen molar-refractivity contribution in [2.75, 3.05) is 17.7 Å². The highest BCUT2D eigenvalue weighted by molar-refractivity contribution is 5.54. The monoisotopic (exact) mass is 531 g/mol. The minimum atomic E-state index is -4.43. The number of nitrogens with zero attached hydrogens (tertiary/aromatic N) is 4. The smallest absolute Gasteiger partial charge is 0.416 e. The van der Waals surface area contributed by atoms with Crippen LogP contribution in [0.15, 0.2) is 54.3 Å². The van der Waals surface area contributed by atoms with Gasteiger partial charge in [0.1, 0.15) is 11.6 Å². The summed E-state index contributed by atoms with van der Waals surface area (Å²) >= 11 is 0. The average Bonchev–Trinajstić information content (AvgIpc) is 3.61. The topological polar surface area (TPSA) is 124 Å². The molecule has 0 unspecified atom stereocenters. The summed E-state index contributed by atoms with van der Waals surface area (Å²) in [5.41, 5.74) is 5.27. The second kappa shape index (κ2) is 13.5. The standard InChI is InChI=1S/C24H26F3N7O2.C2H6/c1-2-5-18(36-21-13-20(31-22(28)32-21)35-14-15-10-11-15)8-4-9-19-30-23(34-33-19)29-17-7-3-6-16(12-17)24(25,26)27;1-2/h3-8,12-13,15H,2,9-11,14H2,1H3,(H2,28,31,32)(H2,29,30,33,34);1-2H3/b8-4-,18-5+;. The zero-order valence-corrected chi connectivity index (χ0v) is 21.5. The molecule has 1 saturated carbocycles. The summed E-state index contributed by atoms with van der Waals surface area (Å²) in [5, 5.41) is 9.53. The third-order valence-electron chi connectivity index (χ3n) is 5.06. The molecule has 9 nitrogen and oxygen atoms in total. The first-order chi connectivity index (χ1) is 18.3. The highest BCUT2D eigenvalue weighted by atomic mass is 19.4. The highest BCUT2D eigenvalue weighted by Gasteiger charge is 2.30. The Kier molecular flexibility index (Phi) is 10.1. The number of H-pyrrole nitrogens is 1. The molecule has 0 radical (unpaired) electrons. The van der Waals surface area contributed by atoms with Crippen molar-refractivity contribution in [2.24, 2.45) is 5.92 Å². The van der Waals surface area contributed by atoms with Crippen LogP contribution in [0.4, 0.5) is 30.8 Å². The quantitative estimate of drug-likeness (QED) is 0.197. The van der Waals surface area contributed by atoms with Crippen LogP contribution in [0.1, 0.15) is 51.4 Å². The minimum absolute atomic E-state index is 0.0561. The van der Waals surface area contributed by atoms with E-state index in [4.69, 9.17) is 15.2 Å². The Morgan fingerprint density at radius 2 is 1.92 bits per heavy atom. The molecule has 0 atom stereocenters. The Morgan fingerprint density at radius 1 is 1.16 bits per heavy atom. The SMILES string of the molecule is CC.CC/C=C(\C=C/Cc1nc(Nc2cccc(C(F)(F)F)c2)n[nH]1)Oc1cc(OCC2CC2)nc(N)n1. The van der Waals surface area contributed by atoms with Crippen LogP contribution in [-0.4, -0.2) is 31.8 Å². The molecule has 38 heavy (non-hydrogen) atoms. The van der Waals surface area contributed by atoms with Crippen LogP contribution in [0.2, 0.25) is 0 Å². The third kappa shape index (κ3) is 9.09. The predicted octanol–water partition coefficient (Wildman–Crippen LogP) is 6.23. The molecule has 2 aromatic heterocycles. The number of alkyl halides is 3. The van der Waals surface area contributed by atoms with Gasteiger partial charge in [-0.25, -0.2) is 0 Å². The van der Waals surface area contributed by atoms with E-state index in [0.717, 1.165) is 31.4 Å². The molecular weight excluding hydrogens is 499 g/mol. The molecule has 0 amide bonds. The van der Waals surface area contributed by atoms with Gasteiger partial charge in [-0.05, 0) is 55.5 Å². The lowest BCUT2D eigenvalue weighted by molar-refractivity contribution is -0.137. The molecule has 0 saturated heterocycles. The van der Waals surface area contributed by atoms with Crippen LogP contribution in [0.25, 0.3) is 0 Å². The molecule has 1 aliphatic rings. The number of benzene rings is 1. The van der Waals surface area contributed by atoms with E-state index in [1.807, 2.05) is 32.9 Å². The van der Waals surface area contributed by atoms with Crippen LogP contribution in [0, 0.1) is 5.92 Å². The van der Waals surface area contributed by atoms with E-state index in [0.29, 0.717) is 36.4 Å². The number of aromatic nitrogens is 5. The van der Waals surface area contributed by atoms with Crippen molar-refractivity contribution in [3.63, 3.8) is 0 Å². The third-order valence-corrected chi connectivity index (χ3v) is 5.06. The molecule has 4 N–H and O–H groups in total. The molecule has 3 aromatic rings. The predicted molar refractivity (Wildman–Crippen MR) is 139 cm³/mol. The summed E-state index contributed by atoms with van der Waals surface area (Å²) in [7, 11) is 0. The molecule has 0 bridgehead atoms. The van der Waals surface area contributed by atoms with Crippen LogP contribution in [0.5, 0.6) is 11.8 Å². The molecule has 2 heterocycles. The molecule has 0 aliphatic heterocycles. The maximum Gasteiger partial charge on any atom is 0.416 e. The summed E-state index contributed by atoms with van der Waals surface area (Å²) < 4.78 is 50.3. The summed E-state index contributed by atoms with van der Waals surface area (Å²) in [6, 6.07) is 6.42. The number of nitrogens with two attached hydrogens (primary N) is 1. The largest absolute Gasteiger partial charge is 0.477 e. The molecular formula is C26H32F3N7O2. The summed E-state index contributed by atoms with van der Waals surface area (Å²) in [4.78, 5) is 12.5. The summed E-state index contributed by atoms with van der Waals surface area (Å²) in [5.74, 6) is 2.48. The van der Waals surface area contributed by atoms with Crippen LogP contribution in [0.3, 0.4) is 0 Å². The average molecular weight is 532 g/mol. The maximum absolute atomic E-state index is 12.9. The molecule has 0 spiro atoms. The fourth-order valence-corrected chi connectivity index (χ4v) is 3.13. The number of anilines is 3. The number of halogens is 3. The van der Waals surface area contributed by atoms with Crippen molar-refractivity contribution in [3.8, 4) is 11.8 Å². The van der Waals surface area contributed by atoms with Gasteiger partial charge in [-0.1, -0.05) is 32.9 Å². The van der Waals surface area contributed by atoms with Gasteiger partial charge in [0, 0.05) is 12.1 Å². The Morgan fingerprint density at radius 3 is 2.63 bits per heavy atom. The second-order valence-corrected chi connectivity index (χ2v) is 8.19. The van der Waals surface area contributed by atoms with Gasteiger partial charge < -0.3 is 20.5 Å². The lowest BCUT2D eigenvalue weighted by Crippen LogP contribution is -2.05. The van der Waals surface area contributed by atoms with E-state index < -0.39 is 11.7 Å². The van der Waals surface area contributed by atoms with E-state index in [2.05, 4.69) is 30.5 Å². The number of aromatic amines is 1. The van der Waals surface area contributed by atoms with Gasteiger partial charge in [-0.3, -0.25) is 5.10 Å². The van der Waals surface area contributed by atoms with E-state index in [9.17, 15) is 13.2 Å². The van der Waals surface area contributed by atoms with Gasteiger partial charge >= 0.3 is 6.18 Å². The number of allylic oxidation sites excluding steroid dienone is 3. The number of nitrogens with one attached hydrogen (secondary N) is 2. The Bertz CT molecular complexity index is 1240. The Hall–Kier alpha value is -4.09. The fourth-order valence-electron chi connectivity index (χ4n) is 3.13. The van der Waals surface area contributed by atoms with Crippen molar-refractivity contribution >= 4 is 17.6 Å². The molecule has 4 rings (SSSR count). The molecule has 12 heteroatoms. The van der Waals surface area contributed by atoms with Gasteiger partial charge in [-0.2, -0.15) is 28.1 Å². The van der Waals surface area contributed by atoms with E-state index in [1.54, 1.807) is 12.1 Å². The van der Waals surface area contributed by atoms with E-state index >= 15 is 0 Å². The normalized spacial score (nSPS) is 13.7. The summed E-state index contributed by atoms with van der Waals surface area (Å²) in [6.45, 7) is 6.56. The van der Waals surface area contributed by atoms with Crippen LogP contribution >= 0.6 is 0 Å². The molecule has 1 aromatic carbocycles. The van der Waals surface area contributed by atoms with Gasteiger partial charge in [-0.15, -0.1) is 5.10 Å². The second-order valence-electron chi connectivity index (χ2n) is 8.19. The molecule has 1 aliphatic carbocycles. The van der Waals surface area contributed by atoms with E-state index in [-0.39, 0.29) is 23.5 Å². The van der Waals surface area contributed by atoms with Gasteiger partial charge in [0.2, 0.25) is 23.7 Å². The van der Waals surface area contributed by atoms with Crippen molar-refractivity contribution in [1.29, 1.82) is 0 Å². The number of nitrogen functional groups attached to an aromatic ring is 1. The van der Waals surface area contributed by atoms with Gasteiger partial charge in [0.05, 0.1) is 18.2 Å². The number of rotatable bonds is 11. The van der Waals surface area contributed by atoms with Gasteiger partial charge in [0.15, 0.2) is 0 Å². The zero-order chi connectivity index (χ0) is 27.5. The molecule has 1 fully saturated rings. The summed E-state index contributed by atoms with van der Waals surface area (Å²) in [6.07, 6.45) is 4.43. The zero-order valence-electron chi connectivity index (χ0n) is 21.5.